The predicted octanol–water partition coefficient (Wildman–Crippen LogP) is 5.04. The van der Waals surface area contributed by atoms with E-state index in [1.165, 1.54) is 44.4 Å². The first kappa shape index (κ1) is 20.6. The van der Waals surface area contributed by atoms with Gasteiger partial charge in [-0.2, -0.15) is 0 Å². The normalized spacial score (nSPS) is 14.2. The fourth-order valence-electron chi connectivity index (χ4n) is 3.62. The Morgan fingerprint density at radius 1 is 1.13 bits per heavy atom. The summed E-state index contributed by atoms with van der Waals surface area (Å²) in [6, 6.07) is 8.14. The average Bonchev–Trinajstić information content (AvgIpc) is 3.27. The van der Waals surface area contributed by atoms with Crippen LogP contribution < -0.4 is 14.8 Å². The van der Waals surface area contributed by atoms with Crippen LogP contribution in [0.5, 0.6) is 11.5 Å². The lowest BCUT2D eigenvalue weighted by atomic mass is 10.2. The van der Waals surface area contributed by atoms with Gasteiger partial charge in [0.2, 0.25) is 0 Å². The topological polar surface area (TPSA) is 59.5 Å². The SMILES string of the molecule is COc1cc2ncnc(Nc3ccc(F)c(Cl)c3)c2cc1OCCCN1CCCC1. The number of nitrogens with zero attached hydrogens (tertiary/aromatic N) is 3. The lowest BCUT2D eigenvalue weighted by Gasteiger charge is -2.16. The number of hydrogen-bond donors (Lipinski definition) is 1. The Kier molecular flexibility index (Phi) is 6.50. The number of ether oxygens (including phenoxy) is 2. The number of hydrogen-bond acceptors (Lipinski definition) is 6. The first-order valence-electron chi connectivity index (χ1n) is 10.0. The fourth-order valence-corrected chi connectivity index (χ4v) is 3.80. The highest BCUT2D eigenvalue weighted by Crippen LogP contribution is 2.35. The molecule has 30 heavy (non-hydrogen) atoms. The van der Waals surface area contributed by atoms with Crippen LogP contribution in [0.1, 0.15) is 19.3 Å². The van der Waals surface area contributed by atoms with Crippen LogP contribution in [0, 0.1) is 5.82 Å². The molecule has 0 amide bonds. The summed E-state index contributed by atoms with van der Waals surface area (Å²) >= 11 is 5.89. The zero-order chi connectivity index (χ0) is 20.9. The van der Waals surface area contributed by atoms with Gasteiger partial charge < -0.3 is 19.7 Å². The van der Waals surface area contributed by atoms with Gasteiger partial charge in [0, 0.05) is 23.7 Å². The summed E-state index contributed by atoms with van der Waals surface area (Å²) in [6.45, 7) is 4.00. The lowest BCUT2D eigenvalue weighted by Crippen LogP contribution is -2.21. The molecule has 0 aliphatic carbocycles. The Hall–Kier alpha value is -2.64. The van der Waals surface area contributed by atoms with E-state index in [4.69, 9.17) is 21.1 Å². The number of benzene rings is 2. The van der Waals surface area contributed by atoms with Crippen LogP contribution in [0.25, 0.3) is 10.9 Å². The highest BCUT2D eigenvalue weighted by molar-refractivity contribution is 6.31. The van der Waals surface area contributed by atoms with Gasteiger partial charge in [-0.1, -0.05) is 11.6 Å². The second-order valence-electron chi connectivity index (χ2n) is 7.25. The van der Waals surface area contributed by atoms with E-state index in [9.17, 15) is 4.39 Å². The molecule has 1 aliphatic heterocycles. The molecule has 3 aromatic rings. The number of nitrogens with one attached hydrogen (secondary N) is 1. The maximum atomic E-state index is 13.5. The molecular formula is C22H24ClFN4O2. The molecule has 0 unspecified atom stereocenters. The third kappa shape index (κ3) is 4.74. The van der Waals surface area contributed by atoms with E-state index in [1.807, 2.05) is 12.1 Å². The predicted molar refractivity (Wildman–Crippen MR) is 117 cm³/mol. The number of aromatic nitrogens is 2. The molecule has 1 aliphatic rings. The molecule has 1 aromatic heterocycles. The molecule has 0 spiro atoms. The highest BCUT2D eigenvalue weighted by atomic mass is 35.5. The number of methoxy groups -OCH3 is 1. The maximum absolute atomic E-state index is 13.5. The van der Waals surface area contributed by atoms with Crippen molar-refractivity contribution in [3.05, 3.63) is 47.5 Å². The second kappa shape index (κ2) is 9.45. The van der Waals surface area contributed by atoms with Gasteiger partial charge in [0.25, 0.3) is 0 Å². The maximum Gasteiger partial charge on any atom is 0.162 e. The summed E-state index contributed by atoms with van der Waals surface area (Å²) in [5.41, 5.74) is 1.34. The van der Waals surface area contributed by atoms with Gasteiger partial charge in [-0.15, -0.1) is 0 Å². The highest BCUT2D eigenvalue weighted by Gasteiger charge is 2.14. The molecule has 6 nitrogen and oxygen atoms in total. The molecule has 1 fully saturated rings. The van der Waals surface area contributed by atoms with Crippen molar-refractivity contribution in [1.29, 1.82) is 0 Å². The van der Waals surface area contributed by atoms with Gasteiger partial charge in [-0.25, -0.2) is 14.4 Å². The van der Waals surface area contributed by atoms with Gasteiger partial charge in [-0.05, 0) is 56.6 Å². The number of anilines is 2. The lowest BCUT2D eigenvalue weighted by molar-refractivity contribution is 0.254. The summed E-state index contributed by atoms with van der Waals surface area (Å²) in [6.07, 6.45) is 4.99. The third-order valence-corrected chi connectivity index (χ3v) is 5.47. The number of halogens is 2. The number of rotatable bonds is 8. The summed E-state index contributed by atoms with van der Waals surface area (Å²) in [5, 5.41) is 3.99. The van der Waals surface area contributed by atoms with Crippen molar-refractivity contribution < 1.29 is 13.9 Å². The molecule has 1 saturated heterocycles. The fraction of sp³-hybridized carbons (Fsp3) is 0.364. The Bertz CT molecular complexity index is 1030. The standard InChI is InChI=1S/C22H24ClFN4O2/c1-29-20-13-19-16(12-21(20)30-10-4-9-28-7-2-3-8-28)22(26-14-25-19)27-15-5-6-18(24)17(23)11-15/h5-6,11-14H,2-4,7-10H2,1H3,(H,25,26,27). The molecule has 8 heteroatoms. The van der Waals surface area contributed by atoms with Crippen LogP contribution in [0.4, 0.5) is 15.9 Å². The average molecular weight is 431 g/mol. The molecule has 0 bridgehead atoms. The molecule has 2 aromatic carbocycles. The van der Waals surface area contributed by atoms with Crippen LogP contribution in [0.3, 0.4) is 0 Å². The van der Waals surface area contributed by atoms with E-state index in [0.29, 0.717) is 35.1 Å². The van der Waals surface area contributed by atoms with E-state index in [2.05, 4.69) is 20.2 Å². The quantitative estimate of drug-likeness (QED) is 0.505. The molecule has 0 radical (unpaired) electrons. The molecule has 0 atom stereocenters. The van der Waals surface area contributed by atoms with E-state index >= 15 is 0 Å². The first-order chi connectivity index (χ1) is 14.6. The van der Waals surface area contributed by atoms with Crippen molar-refractivity contribution in [3.63, 3.8) is 0 Å². The van der Waals surface area contributed by atoms with Crippen LogP contribution >= 0.6 is 11.6 Å². The Morgan fingerprint density at radius 2 is 1.97 bits per heavy atom. The molecule has 158 valence electrons. The first-order valence-corrected chi connectivity index (χ1v) is 10.4. The van der Waals surface area contributed by atoms with Crippen molar-refractivity contribution in [1.82, 2.24) is 14.9 Å². The number of likely N-dealkylation sites (tertiary alicyclic amines) is 1. The molecule has 1 N–H and O–H groups in total. The van der Waals surface area contributed by atoms with Crippen molar-refractivity contribution in [2.75, 3.05) is 38.7 Å². The molecule has 2 heterocycles. The Balaban J connectivity index is 1.54. The summed E-state index contributed by atoms with van der Waals surface area (Å²) in [7, 11) is 1.61. The zero-order valence-corrected chi connectivity index (χ0v) is 17.6. The number of fused-ring (bicyclic) bond motifs is 1. The van der Waals surface area contributed by atoms with Crippen LogP contribution in [-0.2, 0) is 0 Å². The summed E-state index contributed by atoms with van der Waals surface area (Å²) in [5.74, 6) is 1.37. The van der Waals surface area contributed by atoms with Crippen molar-refractivity contribution >= 4 is 34.0 Å². The van der Waals surface area contributed by atoms with E-state index in [-0.39, 0.29) is 5.02 Å². The van der Waals surface area contributed by atoms with Gasteiger partial charge >= 0.3 is 0 Å². The zero-order valence-electron chi connectivity index (χ0n) is 16.8. The second-order valence-corrected chi connectivity index (χ2v) is 7.65. The Morgan fingerprint density at radius 3 is 2.73 bits per heavy atom. The minimum absolute atomic E-state index is 0.0436. The van der Waals surface area contributed by atoms with Crippen molar-refractivity contribution in [3.8, 4) is 11.5 Å². The van der Waals surface area contributed by atoms with E-state index in [0.717, 1.165) is 18.4 Å². The minimum Gasteiger partial charge on any atom is -0.493 e. The van der Waals surface area contributed by atoms with Crippen LogP contribution in [0.2, 0.25) is 5.02 Å². The van der Waals surface area contributed by atoms with E-state index < -0.39 is 5.82 Å². The van der Waals surface area contributed by atoms with Crippen molar-refractivity contribution in [2.24, 2.45) is 0 Å². The smallest absolute Gasteiger partial charge is 0.162 e. The summed E-state index contributed by atoms with van der Waals surface area (Å²) in [4.78, 5) is 11.1. The van der Waals surface area contributed by atoms with Gasteiger partial charge in [-0.3, -0.25) is 0 Å². The van der Waals surface area contributed by atoms with Crippen LogP contribution in [0.15, 0.2) is 36.7 Å². The molecule has 0 saturated carbocycles. The van der Waals surface area contributed by atoms with Crippen molar-refractivity contribution in [2.45, 2.75) is 19.3 Å². The Labute approximate surface area is 180 Å². The van der Waals surface area contributed by atoms with E-state index in [1.54, 1.807) is 13.2 Å². The minimum atomic E-state index is -0.468. The van der Waals surface area contributed by atoms with Gasteiger partial charge in [0.1, 0.15) is 18.0 Å². The molecular weight excluding hydrogens is 407 g/mol. The third-order valence-electron chi connectivity index (χ3n) is 5.18. The largest absolute Gasteiger partial charge is 0.493 e. The molecule has 4 rings (SSSR count). The monoisotopic (exact) mass is 430 g/mol. The van der Waals surface area contributed by atoms with Gasteiger partial charge in [0.15, 0.2) is 11.5 Å². The summed E-state index contributed by atoms with van der Waals surface area (Å²) < 4.78 is 25.0. The van der Waals surface area contributed by atoms with Gasteiger partial charge in [0.05, 0.1) is 24.3 Å². The van der Waals surface area contributed by atoms with Crippen LogP contribution in [-0.4, -0.2) is 48.2 Å².